The average molecular weight is 300 g/mol. The zero-order chi connectivity index (χ0) is 13.7. The minimum atomic E-state index is 0.645. The Hall–Kier alpha value is -0.0500. The predicted molar refractivity (Wildman–Crippen MR) is 86.2 cm³/mol. The van der Waals surface area contributed by atoms with Crippen LogP contribution in [-0.4, -0.2) is 12.6 Å². The zero-order valence-electron chi connectivity index (χ0n) is 12.1. The smallest absolute Gasteiger partial charge is 0.0931 e. The summed E-state index contributed by atoms with van der Waals surface area (Å²) in [4.78, 5) is 1.43. The van der Waals surface area contributed by atoms with Gasteiger partial charge in [0.05, 0.1) is 4.34 Å². The van der Waals surface area contributed by atoms with Crippen LogP contribution in [0.25, 0.3) is 0 Å². The molecule has 1 saturated carbocycles. The molecule has 1 aliphatic rings. The molecule has 0 aromatic carbocycles. The molecule has 0 radical (unpaired) electrons. The molecule has 1 nitrogen and oxygen atoms in total. The Bertz CT molecular complexity index is 377. The summed E-state index contributed by atoms with van der Waals surface area (Å²) >= 11 is 7.79. The normalized spacial score (nSPS) is 24.8. The van der Waals surface area contributed by atoms with Crippen LogP contribution in [0.4, 0.5) is 0 Å². The molecule has 3 heteroatoms. The molecule has 1 aromatic heterocycles. The number of hydrogen-bond acceptors (Lipinski definition) is 2. The van der Waals surface area contributed by atoms with Gasteiger partial charge in [-0.05, 0) is 56.2 Å². The zero-order valence-corrected chi connectivity index (χ0v) is 13.7. The van der Waals surface area contributed by atoms with E-state index >= 15 is 0 Å². The Kier molecular flexibility index (Phi) is 6.18. The highest BCUT2D eigenvalue weighted by Gasteiger charge is 2.29. The van der Waals surface area contributed by atoms with Gasteiger partial charge in [-0.1, -0.05) is 38.3 Å². The van der Waals surface area contributed by atoms with E-state index in [2.05, 4.69) is 25.2 Å². The molecule has 3 atom stereocenters. The van der Waals surface area contributed by atoms with Gasteiger partial charge in [0, 0.05) is 10.9 Å². The highest BCUT2D eigenvalue weighted by Crippen LogP contribution is 2.36. The standard InChI is InChI=1S/C16H26ClNS/c1-3-9-18-15(11-14-7-8-16(17)19-14)13-6-5-12(4-2)10-13/h7-8,12-13,15,18H,3-6,9-11H2,1-2H3. The molecule has 3 unspecified atom stereocenters. The molecule has 1 heterocycles. The van der Waals surface area contributed by atoms with E-state index < -0.39 is 0 Å². The Balaban J connectivity index is 1.95. The molecule has 1 aliphatic carbocycles. The molecule has 1 fully saturated rings. The maximum absolute atomic E-state index is 6.05. The van der Waals surface area contributed by atoms with Crippen molar-refractivity contribution in [1.82, 2.24) is 5.32 Å². The van der Waals surface area contributed by atoms with Crippen molar-refractivity contribution in [3.8, 4) is 0 Å². The molecule has 0 saturated heterocycles. The van der Waals surface area contributed by atoms with Gasteiger partial charge < -0.3 is 5.32 Å². The van der Waals surface area contributed by atoms with Crippen LogP contribution in [0.2, 0.25) is 4.34 Å². The van der Waals surface area contributed by atoms with Gasteiger partial charge in [-0.3, -0.25) is 0 Å². The van der Waals surface area contributed by atoms with E-state index in [4.69, 9.17) is 11.6 Å². The minimum Gasteiger partial charge on any atom is -0.313 e. The molecule has 1 N–H and O–H groups in total. The van der Waals surface area contributed by atoms with Gasteiger partial charge in [0.1, 0.15) is 0 Å². The summed E-state index contributed by atoms with van der Waals surface area (Å²) in [5, 5.41) is 3.78. The van der Waals surface area contributed by atoms with E-state index in [0.29, 0.717) is 6.04 Å². The highest BCUT2D eigenvalue weighted by atomic mass is 35.5. The summed E-state index contributed by atoms with van der Waals surface area (Å²) in [5.41, 5.74) is 0. The van der Waals surface area contributed by atoms with Gasteiger partial charge >= 0.3 is 0 Å². The first kappa shape index (κ1) is 15.3. The molecule has 19 heavy (non-hydrogen) atoms. The lowest BCUT2D eigenvalue weighted by Crippen LogP contribution is -2.37. The molecule has 0 spiro atoms. The van der Waals surface area contributed by atoms with Crippen molar-refractivity contribution in [1.29, 1.82) is 0 Å². The Morgan fingerprint density at radius 1 is 1.37 bits per heavy atom. The number of thiophene rings is 1. The average Bonchev–Trinajstić information content (AvgIpc) is 3.03. The monoisotopic (exact) mass is 299 g/mol. The fourth-order valence-electron chi connectivity index (χ4n) is 3.26. The Morgan fingerprint density at radius 2 is 2.21 bits per heavy atom. The van der Waals surface area contributed by atoms with Gasteiger partial charge in [-0.25, -0.2) is 0 Å². The molecular weight excluding hydrogens is 274 g/mol. The molecule has 1 aromatic rings. The van der Waals surface area contributed by atoms with Gasteiger partial charge in [0.25, 0.3) is 0 Å². The quantitative estimate of drug-likeness (QED) is 0.735. The van der Waals surface area contributed by atoms with Crippen molar-refractivity contribution < 1.29 is 0 Å². The number of nitrogens with one attached hydrogen (secondary N) is 1. The third-order valence-corrected chi connectivity index (χ3v) is 5.69. The highest BCUT2D eigenvalue weighted by molar-refractivity contribution is 7.16. The van der Waals surface area contributed by atoms with Crippen LogP contribution in [0, 0.1) is 11.8 Å². The second kappa shape index (κ2) is 7.66. The lowest BCUT2D eigenvalue weighted by atomic mass is 9.93. The second-order valence-corrected chi connectivity index (χ2v) is 7.62. The summed E-state index contributed by atoms with van der Waals surface area (Å²) in [6, 6.07) is 4.87. The fraction of sp³-hybridized carbons (Fsp3) is 0.750. The van der Waals surface area contributed by atoms with E-state index in [1.807, 2.05) is 6.07 Å². The van der Waals surface area contributed by atoms with Crippen molar-refractivity contribution in [2.24, 2.45) is 11.8 Å². The third-order valence-electron chi connectivity index (χ3n) is 4.43. The maximum Gasteiger partial charge on any atom is 0.0931 e. The first-order valence-corrected chi connectivity index (χ1v) is 8.90. The molecule has 0 amide bonds. The summed E-state index contributed by atoms with van der Waals surface area (Å²) in [5.74, 6) is 1.82. The molecule has 0 aliphatic heterocycles. The lowest BCUT2D eigenvalue weighted by Gasteiger charge is -2.24. The first-order chi connectivity index (χ1) is 9.22. The van der Waals surface area contributed by atoms with Crippen molar-refractivity contribution >= 4 is 22.9 Å². The van der Waals surface area contributed by atoms with Gasteiger partial charge in [0.2, 0.25) is 0 Å². The summed E-state index contributed by atoms with van der Waals surface area (Å²) < 4.78 is 0.919. The SMILES string of the molecule is CCCNC(Cc1ccc(Cl)s1)C1CCC(CC)C1. The van der Waals surface area contributed by atoms with Crippen molar-refractivity contribution in [3.63, 3.8) is 0 Å². The molecule has 0 bridgehead atoms. The van der Waals surface area contributed by atoms with Crippen LogP contribution < -0.4 is 5.32 Å². The van der Waals surface area contributed by atoms with Gasteiger partial charge in [-0.2, -0.15) is 0 Å². The van der Waals surface area contributed by atoms with Gasteiger partial charge in [-0.15, -0.1) is 11.3 Å². The first-order valence-electron chi connectivity index (χ1n) is 7.70. The van der Waals surface area contributed by atoms with Crippen LogP contribution in [-0.2, 0) is 6.42 Å². The fourth-order valence-corrected chi connectivity index (χ4v) is 4.41. The minimum absolute atomic E-state index is 0.645. The number of rotatable bonds is 7. The lowest BCUT2D eigenvalue weighted by molar-refractivity contribution is 0.345. The van der Waals surface area contributed by atoms with Crippen LogP contribution in [0.5, 0.6) is 0 Å². The van der Waals surface area contributed by atoms with E-state index in [1.165, 1.54) is 37.0 Å². The van der Waals surface area contributed by atoms with Crippen LogP contribution >= 0.6 is 22.9 Å². The van der Waals surface area contributed by atoms with E-state index in [-0.39, 0.29) is 0 Å². The van der Waals surface area contributed by atoms with E-state index in [0.717, 1.165) is 29.1 Å². The summed E-state index contributed by atoms with van der Waals surface area (Å²) in [6.45, 7) is 5.72. The topological polar surface area (TPSA) is 12.0 Å². The van der Waals surface area contributed by atoms with Crippen molar-refractivity contribution in [2.45, 2.75) is 58.4 Å². The summed E-state index contributed by atoms with van der Waals surface area (Å²) in [7, 11) is 0. The second-order valence-electron chi connectivity index (χ2n) is 5.82. The number of halogens is 1. The maximum atomic E-state index is 6.05. The van der Waals surface area contributed by atoms with Crippen LogP contribution in [0.15, 0.2) is 12.1 Å². The number of hydrogen-bond donors (Lipinski definition) is 1. The summed E-state index contributed by atoms with van der Waals surface area (Å²) in [6.07, 6.45) is 7.96. The van der Waals surface area contributed by atoms with Crippen molar-refractivity contribution in [3.05, 3.63) is 21.3 Å². The van der Waals surface area contributed by atoms with E-state index in [1.54, 1.807) is 11.3 Å². The van der Waals surface area contributed by atoms with Crippen LogP contribution in [0.3, 0.4) is 0 Å². The Labute approximate surface area is 126 Å². The largest absolute Gasteiger partial charge is 0.313 e. The molecule has 108 valence electrons. The van der Waals surface area contributed by atoms with Crippen LogP contribution in [0.1, 0.15) is 50.8 Å². The predicted octanol–water partition coefficient (Wildman–Crippen LogP) is 5.14. The molecular formula is C16H26ClNS. The third kappa shape index (κ3) is 4.47. The Morgan fingerprint density at radius 3 is 2.79 bits per heavy atom. The van der Waals surface area contributed by atoms with E-state index in [9.17, 15) is 0 Å². The molecule has 2 rings (SSSR count). The van der Waals surface area contributed by atoms with Gasteiger partial charge in [0.15, 0.2) is 0 Å². The van der Waals surface area contributed by atoms with Crippen molar-refractivity contribution in [2.75, 3.05) is 6.54 Å².